The average Bonchev–Trinajstić information content (AvgIpc) is 2.86. The molecule has 190 valence electrons. The Hall–Kier alpha value is -3.09. The molecule has 3 aromatic rings. The Morgan fingerprint density at radius 2 is 1.81 bits per heavy atom. The Kier molecular flexibility index (Phi) is 10.6. The van der Waals surface area contributed by atoms with Gasteiger partial charge >= 0.3 is 5.97 Å². The number of benzene rings is 2. The molecule has 6 nitrogen and oxygen atoms in total. The summed E-state index contributed by atoms with van der Waals surface area (Å²) < 4.78 is 5.97. The first-order valence-electron chi connectivity index (χ1n) is 12.0. The SMILES string of the molecule is CCCC[C@@H](COc1ccc(-c2ccc(Cl)cc2Cl)cn1)Nc1ccc(C(=O)CCCC(=O)O)cc1. The highest BCUT2D eigenvalue weighted by Gasteiger charge is 2.12. The van der Waals surface area contributed by atoms with E-state index in [2.05, 4.69) is 17.2 Å². The normalized spacial score (nSPS) is 11.6. The van der Waals surface area contributed by atoms with Crippen LogP contribution < -0.4 is 10.1 Å². The Labute approximate surface area is 221 Å². The number of anilines is 1. The summed E-state index contributed by atoms with van der Waals surface area (Å²) in [6.07, 6.45) is 5.32. The molecule has 0 fully saturated rings. The molecular weight excluding hydrogens is 499 g/mol. The molecular formula is C28H30Cl2N2O4. The van der Waals surface area contributed by atoms with Crippen LogP contribution in [0.5, 0.6) is 5.88 Å². The number of pyridine rings is 1. The summed E-state index contributed by atoms with van der Waals surface area (Å²) in [6, 6.07) is 16.4. The van der Waals surface area contributed by atoms with Crippen LogP contribution in [0.1, 0.15) is 55.8 Å². The maximum Gasteiger partial charge on any atom is 0.303 e. The van der Waals surface area contributed by atoms with E-state index < -0.39 is 5.97 Å². The lowest BCUT2D eigenvalue weighted by molar-refractivity contribution is -0.137. The Balaban J connectivity index is 1.57. The van der Waals surface area contributed by atoms with Gasteiger partial charge in [-0.25, -0.2) is 4.98 Å². The molecule has 0 amide bonds. The fraction of sp³-hybridized carbons (Fsp3) is 0.321. The first-order chi connectivity index (χ1) is 17.4. The molecule has 0 aliphatic rings. The predicted octanol–water partition coefficient (Wildman–Crippen LogP) is 7.54. The number of carboxylic acid groups (broad SMARTS) is 1. The zero-order valence-corrected chi connectivity index (χ0v) is 21.7. The Morgan fingerprint density at radius 1 is 1.03 bits per heavy atom. The number of carboxylic acids is 1. The van der Waals surface area contributed by atoms with Crippen LogP contribution in [0.15, 0.2) is 60.8 Å². The largest absolute Gasteiger partial charge is 0.481 e. The van der Waals surface area contributed by atoms with Crippen molar-refractivity contribution in [2.45, 2.75) is 51.5 Å². The molecule has 8 heteroatoms. The van der Waals surface area contributed by atoms with Crippen molar-refractivity contribution in [2.75, 3.05) is 11.9 Å². The van der Waals surface area contributed by atoms with Crippen LogP contribution in [0.2, 0.25) is 10.0 Å². The zero-order chi connectivity index (χ0) is 25.9. The van der Waals surface area contributed by atoms with Crippen molar-refractivity contribution in [3.05, 3.63) is 76.4 Å². The third kappa shape index (κ3) is 8.54. The molecule has 36 heavy (non-hydrogen) atoms. The van der Waals surface area contributed by atoms with Gasteiger partial charge in [0.25, 0.3) is 0 Å². The lowest BCUT2D eigenvalue weighted by Crippen LogP contribution is -2.27. The first kappa shape index (κ1) is 27.5. The van der Waals surface area contributed by atoms with Gasteiger partial charge in [-0.2, -0.15) is 0 Å². The number of hydrogen-bond acceptors (Lipinski definition) is 5. The molecule has 0 radical (unpaired) electrons. The van der Waals surface area contributed by atoms with E-state index in [0.29, 0.717) is 34.5 Å². The molecule has 0 aliphatic carbocycles. The third-order valence-electron chi connectivity index (χ3n) is 5.69. The van der Waals surface area contributed by atoms with Crippen molar-refractivity contribution >= 4 is 40.6 Å². The fourth-order valence-electron chi connectivity index (χ4n) is 3.71. The average molecular weight is 529 g/mol. The van der Waals surface area contributed by atoms with Crippen LogP contribution in [0.4, 0.5) is 5.69 Å². The van der Waals surface area contributed by atoms with E-state index in [9.17, 15) is 9.59 Å². The summed E-state index contributed by atoms with van der Waals surface area (Å²) in [5, 5.41) is 13.4. The standard InChI is InChI=1S/C28H30Cl2N2O4/c1-2-3-5-23(32-22-12-8-19(9-13-22)26(33)6-4-7-28(34)35)18-36-27-15-10-20(17-31-27)24-14-11-21(29)16-25(24)30/h8-17,23,32H,2-7,18H2,1H3,(H,34,35)/t23-/m0/s1. The molecule has 0 bridgehead atoms. The van der Waals surface area contributed by atoms with Gasteiger partial charge in [0.15, 0.2) is 5.78 Å². The molecule has 0 spiro atoms. The van der Waals surface area contributed by atoms with Crippen LogP contribution in [0.25, 0.3) is 11.1 Å². The monoisotopic (exact) mass is 528 g/mol. The van der Waals surface area contributed by atoms with E-state index >= 15 is 0 Å². The molecule has 2 N–H and O–H groups in total. The predicted molar refractivity (Wildman–Crippen MR) is 144 cm³/mol. The van der Waals surface area contributed by atoms with Gasteiger partial charge in [0.2, 0.25) is 5.88 Å². The molecule has 0 saturated carbocycles. The number of rotatable bonds is 14. The van der Waals surface area contributed by atoms with E-state index in [1.54, 1.807) is 30.5 Å². The zero-order valence-electron chi connectivity index (χ0n) is 20.2. The quantitative estimate of drug-likeness (QED) is 0.210. The number of Topliss-reactive ketones (excluding diaryl/α,β-unsaturated/α-hetero) is 1. The number of carbonyl (C=O) groups excluding carboxylic acids is 1. The van der Waals surface area contributed by atoms with Crippen LogP contribution in [0.3, 0.4) is 0 Å². The Bertz CT molecular complexity index is 1150. The summed E-state index contributed by atoms with van der Waals surface area (Å²) in [4.78, 5) is 27.3. The van der Waals surface area contributed by atoms with E-state index in [1.807, 2.05) is 30.3 Å². The van der Waals surface area contributed by atoms with Crippen molar-refractivity contribution in [2.24, 2.45) is 0 Å². The van der Waals surface area contributed by atoms with E-state index in [0.717, 1.165) is 36.1 Å². The van der Waals surface area contributed by atoms with E-state index in [-0.39, 0.29) is 24.7 Å². The lowest BCUT2D eigenvalue weighted by Gasteiger charge is -2.20. The summed E-state index contributed by atoms with van der Waals surface area (Å²) >= 11 is 12.3. The van der Waals surface area contributed by atoms with Gasteiger partial charge in [-0.3, -0.25) is 9.59 Å². The summed E-state index contributed by atoms with van der Waals surface area (Å²) in [7, 11) is 0. The van der Waals surface area contributed by atoms with Crippen molar-refractivity contribution < 1.29 is 19.4 Å². The minimum atomic E-state index is -0.889. The van der Waals surface area contributed by atoms with Crippen molar-refractivity contribution in [1.82, 2.24) is 4.98 Å². The topological polar surface area (TPSA) is 88.5 Å². The smallest absolute Gasteiger partial charge is 0.303 e. The number of aliphatic carboxylic acids is 1. The van der Waals surface area contributed by atoms with Gasteiger partial charge in [-0.05, 0) is 55.3 Å². The van der Waals surface area contributed by atoms with E-state index in [4.69, 9.17) is 33.0 Å². The number of unbranched alkanes of at least 4 members (excludes halogenated alkanes) is 1. The maximum atomic E-state index is 12.3. The Morgan fingerprint density at radius 3 is 2.44 bits per heavy atom. The minimum Gasteiger partial charge on any atom is -0.481 e. The van der Waals surface area contributed by atoms with Gasteiger partial charge in [-0.15, -0.1) is 0 Å². The number of nitrogens with one attached hydrogen (secondary N) is 1. The molecule has 0 unspecified atom stereocenters. The number of ketones is 1. The molecule has 0 saturated heterocycles. The number of nitrogens with zero attached hydrogens (tertiary/aromatic N) is 1. The lowest BCUT2D eigenvalue weighted by atomic mass is 10.0. The maximum absolute atomic E-state index is 12.3. The van der Waals surface area contributed by atoms with Crippen LogP contribution in [-0.2, 0) is 4.79 Å². The molecule has 2 aromatic carbocycles. The van der Waals surface area contributed by atoms with Crippen LogP contribution >= 0.6 is 23.2 Å². The highest BCUT2D eigenvalue weighted by molar-refractivity contribution is 6.36. The third-order valence-corrected chi connectivity index (χ3v) is 6.24. The second-order valence-corrected chi connectivity index (χ2v) is 9.40. The number of ether oxygens (including phenoxy) is 1. The second-order valence-electron chi connectivity index (χ2n) is 8.55. The number of hydrogen-bond donors (Lipinski definition) is 2. The summed E-state index contributed by atoms with van der Waals surface area (Å²) in [6.45, 7) is 2.58. The fourth-order valence-corrected chi connectivity index (χ4v) is 4.23. The molecule has 1 atom stereocenters. The van der Waals surface area contributed by atoms with Gasteiger partial charge in [-0.1, -0.05) is 49.0 Å². The summed E-state index contributed by atoms with van der Waals surface area (Å²) in [5.41, 5.74) is 3.20. The van der Waals surface area contributed by atoms with Gasteiger partial charge < -0.3 is 15.2 Å². The summed E-state index contributed by atoms with van der Waals surface area (Å²) in [5.74, 6) is -0.419. The van der Waals surface area contributed by atoms with Gasteiger partial charge in [0.1, 0.15) is 6.61 Å². The van der Waals surface area contributed by atoms with Crippen molar-refractivity contribution in [1.29, 1.82) is 0 Å². The van der Waals surface area contributed by atoms with Crippen molar-refractivity contribution in [3.8, 4) is 17.0 Å². The highest BCUT2D eigenvalue weighted by Crippen LogP contribution is 2.30. The number of halogens is 2. The minimum absolute atomic E-state index is 0.00303. The van der Waals surface area contributed by atoms with E-state index in [1.165, 1.54) is 0 Å². The number of aromatic nitrogens is 1. The number of carbonyl (C=O) groups is 2. The second kappa shape index (κ2) is 13.9. The van der Waals surface area contributed by atoms with Crippen molar-refractivity contribution in [3.63, 3.8) is 0 Å². The first-order valence-corrected chi connectivity index (χ1v) is 12.8. The van der Waals surface area contributed by atoms with Crippen LogP contribution in [-0.4, -0.2) is 34.5 Å². The molecule has 3 rings (SSSR count). The van der Waals surface area contributed by atoms with Gasteiger partial charge in [0.05, 0.1) is 6.04 Å². The van der Waals surface area contributed by atoms with Crippen LogP contribution in [0, 0.1) is 0 Å². The molecule has 0 aliphatic heterocycles. The molecule has 1 heterocycles. The molecule has 1 aromatic heterocycles. The highest BCUT2D eigenvalue weighted by atomic mass is 35.5. The van der Waals surface area contributed by atoms with Gasteiger partial charge in [0, 0.05) is 57.5 Å².